The number of aliphatic carboxylic acids is 1. The Bertz CT molecular complexity index is 509. The molecule has 1 saturated heterocycles. The van der Waals surface area contributed by atoms with Crippen LogP contribution >= 0.6 is 0 Å². The van der Waals surface area contributed by atoms with E-state index >= 15 is 0 Å². The molecule has 3 N–H and O–H groups in total. The van der Waals surface area contributed by atoms with E-state index in [1.54, 1.807) is 0 Å². The first kappa shape index (κ1) is 14.1. The number of rotatable bonds is 3. The van der Waals surface area contributed by atoms with Gasteiger partial charge in [-0.1, -0.05) is 0 Å². The van der Waals surface area contributed by atoms with Gasteiger partial charge < -0.3 is 25.0 Å². The van der Waals surface area contributed by atoms with Crippen LogP contribution in [-0.4, -0.2) is 57.9 Å². The molecule has 1 aliphatic heterocycles. The van der Waals surface area contributed by atoms with Crippen molar-refractivity contribution in [3.63, 3.8) is 0 Å². The van der Waals surface area contributed by atoms with Crippen LogP contribution in [0.25, 0.3) is 0 Å². The quantitative estimate of drug-likeness (QED) is 0.741. The number of nitrogens with zero attached hydrogens (tertiary/aromatic N) is 1. The molecule has 1 aliphatic rings. The molecule has 7 heteroatoms. The normalized spacial score (nSPS) is 18.8. The Morgan fingerprint density at radius 3 is 2.50 bits per heavy atom. The number of amides is 1. The molecule has 1 amide bonds. The van der Waals surface area contributed by atoms with Crippen LogP contribution in [0.15, 0.2) is 18.2 Å². The Morgan fingerprint density at radius 1 is 1.25 bits per heavy atom. The molecule has 1 heterocycles. The van der Waals surface area contributed by atoms with E-state index < -0.39 is 12.1 Å². The maximum absolute atomic E-state index is 12.2. The molecule has 1 atom stereocenters. The van der Waals surface area contributed by atoms with Crippen LogP contribution < -0.4 is 0 Å². The summed E-state index contributed by atoms with van der Waals surface area (Å²) in [5.74, 6) is -1.78. The van der Waals surface area contributed by atoms with Gasteiger partial charge in [-0.15, -0.1) is 0 Å². The Balaban J connectivity index is 2.10. The Labute approximate surface area is 115 Å². The third-order valence-electron chi connectivity index (χ3n) is 2.98. The van der Waals surface area contributed by atoms with Crippen molar-refractivity contribution in [2.75, 3.05) is 19.7 Å². The number of carbonyl (C=O) groups is 2. The molecule has 0 spiro atoms. The van der Waals surface area contributed by atoms with Gasteiger partial charge in [-0.3, -0.25) is 9.59 Å². The molecule has 1 unspecified atom stereocenters. The zero-order valence-corrected chi connectivity index (χ0v) is 10.7. The van der Waals surface area contributed by atoms with Gasteiger partial charge in [0.1, 0.15) is 11.5 Å². The fourth-order valence-corrected chi connectivity index (χ4v) is 2.12. The molecule has 1 fully saturated rings. The summed E-state index contributed by atoms with van der Waals surface area (Å²) in [6.07, 6.45) is -0.717. The Hall–Kier alpha value is -2.28. The van der Waals surface area contributed by atoms with Gasteiger partial charge in [-0.05, 0) is 12.1 Å². The summed E-state index contributed by atoms with van der Waals surface area (Å²) in [7, 11) is 0. The van der Waals surface area contributed by atoms with Crippen LogP contribution in [-0.2, 0) is 9.53 Å². The van der Waals surface area contributed by atoms with Crippen molar-refractivity contribution in [1.29, 1.82) is 0 Å². The van der Waals surface area contributed by atoms with E-state index in [-0.39, 0.29) is 42.5 Å². The van der Waals surface area contributed by atoms with Gasteiger partial charge >= 0.3 is 5.97 Å². The smallest absolute Gasteiger partial charge is 0.306 e. The minimum absolute atomic E-state index is 0.151. The van der Waals surface area contributed by atoms with E-state index in [0.717, 1.165) is 6.07 Å². The number of hydrogen-bond acceptors (Lipinski definition) is 5. The van der Waals surface area contributed by atoms with E-state index in [2.05, 4.69) is 0 Å². The molecule has 20 heavy (non-hydrogen) atoms. The maximum Gasteiger partial charge on any atom is 0.306 e. The molecule has 1 aromatic carbocycles. The van der Waals surface area contributed by atoms with Crippen molar-refractivity contribution in [3.8, 4) is 11.5 Å². The molecule has 2 rings (SSSR count). The third-order valence-corrected chi connectivity index (χ3v) is 2.98. The lowest BCUT2D eigenvalue weighted by Gasteiger charge is -2.32. The fraction of sp³-hybridized carbons (Fsp3) is 0.385. The van der Waals surface area contributed by atoms with E-state index in [9.17, 15) is 19.8 Å². The van der Waals surface area contributed by atoms with Crippen molar-refractivity contribution >= 4 is 11.9 Å². The fourth-order valence-electron chi connectivity index (χ4n) is 2.12. The summed E-state index contributed by atoms with van der Waals surface area (Å²) in [5.41, 5.74) is 0.151. The molecular formula is C13H15NO6. The standard InChI is InChI=1S/C13H15NO6/c15-9-3-8(4-10(16)5-9)13(19)14-1-2-20-11(7-14)6-12(17)18/h3-5,11,15-16H,1-2,6-7H2,(H,17,18). The number of carboxylic acid groups (broad SMARTS) is 1. The minimum atomic E-state index is -0.987. The molecule has 1 aromatic rings. The minimum Gasteiger partial charge on any atom is -0.508 e. The number of hydrogen-bond donors (Lipinski definition) is 3. The second-order valence-corrected chi connectivity index (χ2v) is 4.58. The van der Waals surface area contributed by atoms with Crippen LogP contribution in [0.2, 0.25) is 0 Å². The highest BCUT2D eigenvalue weighted by Gasteiger charge is 2.26. The SMILES string of the molecule is O=C(O)CC1CN(C(=O)c2cc(O)cc(O)c2)CCO1. The topological polar surface area (TPSA) is 107 Å². The number of carbonyl (C=O) groups excluding carboxylic acids is 1. The average Bonchev–Trinajstić information content (AvgIpc) is 2.36. The van der Waals surface area contributed by atoms with Gasteiger partial charge in [0.25, 0.3) is 5.91 Å². The zero-order valence-electron chi connectivity index (χ0n) is 10.7. The van der Waals surface area contributed by atoms with Crippen molar-refractivity contribution in [3.05, 3.63) is 23.8 Å². The number of aromatic hydroxyl groups is 2. The summed E-state index contributed by atoms with van der Waals surface area (Å²) in [5, 5.41) is 27.5. The average molecular weight is 281 g/mol. The van der Waals surface area contributed by atoms with Crippen LogP contribution in [0.4, 0.5) is 0 Å². The van der Waals surface area contributed by atoms with Gasteiger partial charge in [0, 0.05) is 24.7 Å². The number of phenols is 2. The van der Waals surface area contributed by atoms with Gasteiger partial charge in [-0.2, -0.15) is 0 Å². The van der Waals surface area contributed by atoms with Crippen molar-refractivity contribution in [1.82, 2.24) is 4.90 Å². The van der Waals surface area contributed by atoms with Gasteiger partial charge in [0.2, 0.25) is 0 Å². The maximum atomic E-state index is 12.2. The Morgan fingerprint density at radius 2 is 1.90 bits per heavy atom. The number of ether oxygens (including phenoxy) is 1. The second kappa shape index (κ2) is 5.79. The molecule has 0 aliphatic carbocycles. The molecule has 0 bridgehead atoms. The highest BCUT2D eigenvalue weighted by Crippen LogP contribution is 2.22. The highest BCUT2D eigenvalue weighted by atomic mass is 16.5. The van der Waals surface area contributed by atoms with Crippen molar-refractivity contribution in [2.45, 2.75) is 12.5 Å². The lowest BCUT2D eigenvalue weighted by atomic mass is 10.1. The van der Waals surface area contributed by atoms with Crippen LogP contribution in [0, 0.1) is 0 Å². The van der Waals surface area contributed by atoms with E-state index in [1.807, 2.05) is 0 Å². The molecule has 0 aromatic heterocycles. The number of carboxylic acids is 1. The van der Waals surface area contributed by atoms with E-state index in [1.165, 1.54) is 17.0 Å². The molecule has 0 saturated carbocycles. The van der Waals surface area contributed by atoms with Crippen molar-refractivity contribution in [2.24, 2.45) is 0 Å². The summed E-state index contributed by atoms with van der Waals surface area (Å²) in [6, 6.07) is 3.64. The summed E-state index contributed by atoms with van der Waals surface area (Å²) >= 11 is 0. The third kappa shape index (κ3) is 3.39. The lowest BCUT2D eigenvalue weighted by Crippen LogP contribution is -2.46. The molecule has 0 radical (unpaired) electrons. The van der Waals surface area contributed by atoms with Gasteiger partial charge in [0.15, 0.2) is 0 Å². The molecule has 108 valence electrons. The first-order chi connectivity index (χ1) is 9.45. The highest BCUT2D eigenvalue weighted by molar-refractivity contribution is 5.95. The zero-order chi connectivity index (χ0) is 14.7. The number of phenolic OH excluding ortho intramolecular Hbond substituents is 2. The largest absolute Gasteiger partial charge is 0.508 e. The van der Waals surface area contributed by atoms with Crippen LogP contribution in [0.3, 0.4) is 0 Å². The predicted octanol–water partition coefficient (Wildman–Crippen LogP) is 0.414. The van der Waals surface area contributed by atoms with E-state index in [4.69, 9.17) is 9.84 Å². The summed E-state index contributed by atoms with van der Waals surface area (Å²) < 4.78 is 5.28. The number of morpholine rings is 1. The monoisotopic (exact) mass is 281 g/mol. The Kier molecular flexibility index (Phi) is 4.09. The number of benzene rings is 1. The summed E-state index contributed by atoms with van der Waals surface area (Å²) in [6.45, 7) is 0.765. The second-order valence-electron chi connectivity index (χ2n) is 4.58. The van der Waals surface area contributed by atoms with Crippen LogP contribution in [0.1, 0.15) is 16.8 Å². The first-order valence-corrected chi connectivity index (χ1v) is 6.11. The van der Waals surface area contributed by atoms with Gasteiger partial charge in [0.05, 0.1) is 19.1 Å². The van der Waals surface area contributed by atoms with E-state index in [0.29, 0.717) is 6.54 Å². The first-order valence-electron chi connectivity index (χ1n) is 6.11. The predicted molar refractivity (Wildman–Crippen MR) is 67.7 cm³/mol. The van der Waals surface area contributed by atoms with Crippen LogP contribution in [0.5, 0.6) is 11.5 Å². The lowest BCUT2D eigenvalue weighted by molar-refractivity contribution is -0.141. The summed E-state index contributed by atoms with van der Waals surface area (Å²) in [4.78, 5) is 24.3. The molecular weight excluding hydrogens is 266 g/mol. The molecule has 7 nitrogen and oxygen atoms in total. The van der Waals surface area contributed by atoms with Crippen molar-refractivity contribution < 1.29 is 29.6 Å². The van der Waals surface area contributed by atoms with Gasteiger partial charge in [-0.25, -0.2) is 0 Å².